The highest BCUT2D eigenvalue weighted by molar-refractivity contribution is 5.92. The molecule has 29 heavy (non-hydrogen) atoms. The topological polar surface area (TPSA) is 81.8 Å². The highest BCUT2D eigenvalue weighted by Crippen LogP contribution is 2.22. The Morgan fingerprint density at radius 3 is 2.17 bits per heavy atom. The summed E-state index contributed by atoms with van der Waals surface area (Å²) in [5, 5.41) is 4.39. The number of halogens is 2. The smallest absolute Gasteiger partial charge is 0.319 e. The van der Waals surface area contributed by atoms with Crippen LogP contribution in [0.4, 0.5) is 19.3 Å². The van der Waals surface area contributed by atoms with Crippen LogP contribution in [0.25, 0.3) is 0 Å². The Labute approximate surface area is 168 Å². The molecule has 2 aliphatic rings. The molecule has 0 unspecified atom stereocenters. The van der Waals surface area contributed by atoms with E-state index in [9.17, 15) is 23.2 Å². The molecule has 2 N–H and O–H groups in total. The van der Waals surface area contributed by atoms with Gasteiger partial charge in [-0.2, -0.15) is 0 Å². The van der Waals surface area contributed by atoms with Crippen molar-refractivity contribution >= 4 is 23.5 Å². The van der Waals surface area contributed by atoms with Crippen LogP contribution in [-0.4, -0.2) is 60.4 Å². The fourth-order valence-electron chi connectivity index (χ4n) is 3.79. The van der Waals surface area contributed by atoms with Gasteiger partial charge < -0.3 is 20.4 Å². The number of nitrogens with zero attached hydrogens (tertiary/aromatic N) is 2. The average molecular weight is 408 g/mol. The molecular formula is C20H26F2N4O3. The number of piperidine rings is 2. The van der Waals surface area contributed by atoms with E-state index >= 15 is 0 Å². The monoisotopic (exact) mass is 408 g/mol. The highest BCUT2D eigenvalue weighted by Gasteiger charge is 2.30. The summed E-state index contributed by atoms with van der Waals surface area (Å²) in [4.78, 5) is 40.3. The lowest BCUT2D eigenvalue weighted by Gasteiger charge is -2.35. The second-order valence-corrected chi connectivity index (χ2v) is 7.45. The van der Waals surface area contributed by atoms with Gasteiger partial charge in [0, 0.05) is 32.1 Å². The van der Waals surface area contributed by atoms with Crippen LogP contribution in [0.2, 0.25) is 0 Å². The normalized spacial score (nSPS) is 17.7. The third-order valence-corrected chi connectivity index (χ3v) is 5.47. The van der Waals surface area contributed by atoms with Gasteiger partial charge in [-0.05, 0) is 44.2 Å². The number of rotatable bonds is 4. The Kier molecular flexibility index (Phi) is 7.00. The van der Waals surface area contributed by atoms with Gasteiger partial charge in [0.1, 0.15) is 17.3 Å². The molecule has 2 heterocycles. The van der Waals surface area contributed by atoms with Gasteiger partial charge in [0.15, 0.2) is 0 Å². The average Bonchev–Trinajstić information content (AvgIpc) is 2.75. The summed E-state index contributed by atoms with van der Waals surface area (Å²) in [5.74, 6) is -1.96. The molecule has 2 aliphatic heterocycles. The summed E-state index contributed by atoms with van der Waals surface area (Å²) >= 11 is 0. The molecule has 2 fully saturated rings. The molecule has 0 radical (unpaired) electrons. The molecule has 1 aromatic rings. The Balaban J connectivity index is 1.41. The third-order valence-electron chi connectivity index (χ3n) is 5.47. The van der Waals surface area contributed by atoms with Crippen molar-refractivity contribution in [2.24, 2.45) is 5.92 Å². The minimum Gasteiger partial charge on any atom is -0.342 e. The van der Waals surface area contributed by atoms with Crippen LogP contribution in [0.5, 0.6) is 0 Å². The molecule has 0 spiro atoms. The maximum Gasteiger partial charge on any atom is 0.319 e. The Morgan fingerprint density at radius 1 is 0.931 bits per heavy atom. The number of hydrogen-bond acceptors (Lipinski definition) is 3. The number of carbonyl (C=O) groups is 3. The second-order valence-electron chi connectivity index (χ2n) is 7.45. The lowest BCUT2D eigenvalue weighted by atomic mass is 9.94. The van der Waals surface area contributed by atoms with E-state index in [1.165, 1.54) is 12.5 Å². The van der Waals surface area contributed by atoms with E-state index < -0.39 is 23.4 Å². The molecule has 1 aromatic carbocycles. The van der Waals surface area contributed by atoms with Crippen LogP contribution in [0.15, 0.2) is 18.2 Å². The van der Waals surface area contributed by atoms with E-state index in [1.807, 2.05) is 4.90 Å². The quantitative estimate of drug-likeness (QED) is 0.802. The van der Waals surface area contributed by atoms with E-state index in [-0.39, 0.29) is 24.3 Å². The molecule has 158 valence electrons. The van der Waals surface area contributed by atoms with Crippen molar-refractivity contribution < 1.29 is 23.2 Å². The maximum atomic E-state index is 13.5. The minimum absolute atomic E-state index is 0.0579. The zero-order valence-electron chi connectivity index (χ0n) is 16.3. The van der Waals surface area contributed by atoms with Crippen LogP contribution in [0, 0.1) is 17.6 Å². The maximum absolute atomic E-state index is 13.5. The van der Waals surface area contributed by atoms with E-state index in [1.54, 1.807) is 4.90 Å². The number of hydrogen-bond donors (Lipinski definition) is 2. The van der Waals surface area contributed by atoms with Gasteiger partial charge in [0.2, 0.25) is 11.8 Å². The van der Waals surface area contributed by atoms with Crippen LogP contribution < -0.4 is 10.6 Å². The first-order valence-corrected chi connectivity index (χ1v) is 10.0. The zero-order valence-corrected chi connectivity index (χ0v) is 16.3. The van der Waals surface area contributed by atoms with Gasteiger partial charge in [0.05, 0.1) is 6.54 Å². The largest absolute Gasteiger partial charge is 0.342 e. The first kappa shape index (κ1) is 21.0. The number of anilines is 1. The molecule has 0 atom stereocenters. The predicted molar refractivity (Wildman–Crippen MR) is 103 cm³/mol. The van der Waals surface area contributed by atoms with Crippen molar-refractivity contribution in [1.82, 2.24) is 15.1 Å². The number of carbonyl (C=O) groups excluding carboxylic acids is 3. The Morgan fingerprint density at radius 2 is 1.55 bits per heavy atom. The molecule has 2 saturated heterocycles. The van der Waals surface area contributed by atoms with Gasteiger partial charge in [-0.15, -0.1) is 0 Å². The summed E-state index contributed by atoms with van der Waals surface area (Å²) in [7, 11) is 0. The van der Waals surface area contributed by atoms with E-state index in [0.717, 1.165) is 38.1 Å². The molecule has 7 nitrogen and oxygen atoms in total. The fraction of sp³-hybridized carbons (Fsp3) is 0.550. The van der Waals surface area contributed by atoms with Gasteiger partial charge in [0.25, 0.3) is 0 Å². The first-order valence-electron chi connectivity index (χ1n) is 10.0. The molecule has 3 rings (SSSR count). The van der Waals surface area contributed by atoms with Crippen LogP contribution in [-0.2, 0) is 9.59 Å². The van der Waals surface area contributed by atoms with Gasteiger partial charge >= 0.3 is 6.03 Å². The second kappa shape index (κ2) is 9.67. The van der Waals surface area contributed by atoms with Crippen LogP contribution in [0.1, 0.15) is 32.1 Å². The van der Waals surface area contributed by atoms with Crippen molar-refractivity contribution in [3.05, 3.63) is 29.8 Å². The standard InChI is InChI=1S/C20H26F2N4O3/c21-15-5-4-6-16(22)18(15)24-20(29)23-13-17(27)25-11-7-14(8-12-25)19(28)26-9-2-1-3-10-26/h4-6,14H,1-3,7-13H2,(H2,23,24,29). The molecule has 9 heteroatoms. The number of likely N-dealkylation sites (tertiary alicyclic amines) is 2. The summed E-state index contributed by atoms with van der Waals surface area (Å²) in [5.41, 5.74) is -0.561. The highest BCUT2D eigenvalue weighted by atomic mass is 19.1. The van der Waals surface area contributed by atoms with Crippen molar-refractivity contribution in [2.45, 2.75) is 32.1 Å². The molecule has 0 aliphatic carbocycles. The van der Waals surface area contributed by atoms with Crippen LogP contribution in [0.3, 0.4) is 0 Å². The van der Waals surface area contributed by atoms with Crippen molar-refractivity contribution in [1.29, 1.82) is 0 Å². The first-order chi connectivity index (χ1) is 14.0. The van der Waals surface area contributed by atoms with E-state index in [2.05, 4.69) is 10.6 Å². The van der Waals surface area contributed by atoms with Gasteiger partial charge in [-0.3, -0.25) is 9.59 Å². The van der Waals surface area contributed by atoms with E-state index in [0.29, 0.717) is 25.9 Å². The van der Waals surface area contributed by atoms with E-state index in [4.69, 9.17) is 0 Å². The minimum atomic E-state index is -0.896. The lowest BCUT2D eigenvalue weighted by Crippen LogP contribution is -2.48. The Hall–Kier alpha value is -2.71. The van der Waals surface area contributed by atoms with Gasteiger partial charge in [-0.1, -0.05) is 6.07 Å². The number of para-hydroxylation sites is 1. The number of amides is 4. The lowest BCUT2D eigenvalue weighted by molar-refractivity contribution is -0.141. The Bertz CT molecular complexity index is 740. The van der Waals surface area contributed by atoms with Gasteiger partial charge in [-0.25, -0.2) is 13.6 Å². The molecule has 4 amide bonds. The predicted octanol–water partition coefficient (Wildman–Crippen LogP) is 2.34. The molecule has 0 bridgehead atoms. The SMILES string of the molecule is O=C(NCC(=O)N1CCC(C(=O)N2CCCCC2)CC1)Nc1c(F)cccc1F. The summed E-state index contributed by atoms with van der Waals surface area (Å²) in [6, 6.07) is 2.38. The molecule has 0 saturated carbocycles. The summed E-state index contributed by atoms with van der Waals surface area (Å²) in [6.07, 6.45) is 4.48. The summed E-state index contributed by atoms with van der Waals surface area (Å²) < 4.78 is 27.1. The molecule has 0 aromatic heterocycles. The zero-order chi connectivity index (χ0) is 20.8. The number of nitrogens with one attached hydrogen (secondary N) is 2. The van der Waals surface area contributed by atoms with Crippen molar-refractivity contribution in [3.8, 4) is 0 Å². The van der Waals surface area contributed by atoms with Crippen LogP contribution >= 0.6 is 0 Å². The number of benzene rings is 1. The molecular weight excluding hydrogens is 382 g/mol. The number of urea groups is 1. The fourth-order valence-corrected chi connectivity index (χ4v) is 3.79. The van der Waals surface area contributed by atoms with Crippen molar-refractivity contribution in [2.75, 3.05) is 38.0 Å². The van der Waals surface area contributed by atoms with Crippen molar-refractivity contribution in [3.63, 3.8) is 0 Å². The summed E-state index contributed by atoms with van der Waals surface area (Å²) in [6.45, 7) is 2.26. The third kappa shape index (κ3) is 5.42.